The molecule has 0 fully saturated rings. The summed E-state index contributed by atoms with van der Waals surface area (Å²) in [5, 5.41) is 7.85. The van der Waals surface area contributed by atoms with Gasteiger partial charge < -0.3 is 15.4 Å². The molecule has 0 aliphatic carbocycles. The number of thiazole rings is 1. The van der Waals surface area contributed by atoms with Crippen molar-refractivity contribution in [3.63, 3.8) is 0 Å². The lowest BCUT2D eigenvalue weighted by Crippen LogP contribution is -2.24. The normalized spacial score (nSPS) is 11.6. The number of rotatable bonds is 8. The van der Waals surface area contributed by atoms with E-state index < -0.39 is 0 Å². The van der Waals surface area contributed by atoms with Crippen molar-refractivity contribution in [3.8, 4) is 17.0 Å². The van der Waals surface area contributed by atoms with Crippen LogP contribution in [0.3, 0.4) is 0 Å². The predicted molar refractivity (Wildman–Crippen MR) is 123 cm³/mol. The number of nitrogens with one attached hydrogen (secondary N) is 2. The number of carbonyl (C=O) groups is 2. The van der Waals surface area contributed by atoms with Crippen molar-refractivity contribution in [3.05, 3.63) is 53.9 Å². The molecule has 0 saturated carbocycles. The summed E-state index contributed by atoms with van der Waals surface area (Å²) in [7, 11) is 1.62. The Balaban J connectivity index is 1.69. The summed E-state index contributed by atoms with van der Waals surface area (Å²) in [6.45, 7) is 3.44. The SMILES string of the molecule is CCC(Sc1cccc(NC(C)=O)c1)C(=O)Nc1nc(-c2ccccc2OC)cs1. The molecule has 1 atom stereocenters. The Labute approximate surface area is 184 Å². The lowest BCUT2D eigenvalue weighted by Gasteiger charge is -2.14. The van der Waals surface area contributed by atoms with Gasteiger partial charge in [0.2, 0.25) is 11.8 Å². The highest BCUT2D eigenvalue weighted by Crippen LogP contribution is 2.33. The van der Waals surface area contributed by atoms with Crippen LogP contribution < -0.4 is 15.4 Å². The molecule has 30 heavy (non-hydrogen) atoms. The fraction of sp³-hybridized carbons (Fsp3) is 0.227. The molecule has 1 heterocycles. The molecule has 0 radical (unpaired) electrons. The Kier molecular flexibility index (Phi) is 7.48. The standard InChI is InChI=1S/C22H23N3O3S2/c1-4-20(30-16-9-7-8-15(12-16)23-14(2)26)21(27)25-22-24-18(13-29-22)17-10-5-6-11-19(17)28-3/h5-13,20H,4H2,1-3H3,(H,23,26)(H,24,25,27). The Morgan fingerprint density at radius 2 is 1.97 bits per heavy atom. The van der Waals surface area contributed by atoms with Crippen molar-refractivity contribution in [2.75, 3.05) is 17.7 Å². The van der Waals surface area contributed by atoms with Crippen LogP contribution in [0.1, 0.15) is 20.3 Å². The maximum atomic E-state index is 12.8. The van der Waals surface area contributed by atoms with Crippen molar-refractivity contribution >= 4 is 45.7 Å². The molecule has 2 N–H and O–H groups in total. The van der Waals surface area contributed by atoms with E-state index in [-0.39, 0.29) is 17.1 Å². The number of ether oxygens (including phenoxy) is 1. The largest absolute Gasteiger partial charge is 0.496 e. The summed E-state index contributed by atoms with van der Waals surface area (Å²) in [4.78, 5) is 29.5. The number of carbonyl (C=O) groups excluding carboxylic acids is 2. The second-order valence-corrected chi connectivity index (χ2v) is 8.59. The van der Waals surface area contributed by atoms with Crippen molar-refractivity contribution in [2.45, 2.75) is 30.4 Å². The molecule has 0 aliphatic rings. The zero-order valence-corrected chi connectivity index (χ0v) is 18.6. The van der Waals surface area contributed by atoms with Gasteiger partial charge in [0.1, 0.15) is 5.75 Å². The molecule has 2 amide bonds. The van der Waals surface area contributed by atoms with Gasteiger partial charge in [-0.15, -0.1) is 23.1 Å². The molecule has 3 aromatic rings. The number of thioether (sulfide) groups is 1. The highest BCUT2D eigenvalue weighted by Gasteiger charge is 2.20. The Morgan fingerprint density at radius 1 is 1.17 bits per heavy atom. The summed E-state index contributed by atoms with van der Waals surface area (Å²) in [5.74, 6) is 0.506. The molecular formula is C22H23N3O3S2. The van der Waals surface area contributed by atoms with E-state index in [0.29, 0.717) is 17.2 Å². The summed E-state index contributed by atoms with van der Waals surface area (Å²) < 4.78 is 5.39. The van der Waals surface area contributed by atoms with E-state index in [2.05, 4.69) is 15.6 Å². The van der Waals surface area contributed by atoms with Crippen LogP contribution in [0.15, 0.2) is 58.8 Å². The van der Waals surface area contributed by atoms with Gasteiger partial charge in [-0.2, -0.15) is 0 Å². The third-order valence-corrected chi connectivity index (χ3v) is 6.33. The van der Waals surface area contributed by atoms with Crippen LogP contribution in [-0.2, 0) is 9.59 Å². The molecule has 6 nitrogen and oxygen atoms in total. The van der Waals surface area contributed by atoms with Crippen molar-refractivity contribution in [1.29, 1.82) is 0 Å². The lowest BCUT2D eigenvalue weighted by molar-refractivity contribution is -0.116. The van der Waals surface area contributed by atoms with E-state index in [9.17, 15) is 9.59 Å². The fourth-order valence-corrected chi connectivity index (χ4v) is 4.56. The summed E-state index contributed by atoms with van der Waals surface area (Å²) >= 11 is 2.84. The zero-order chi connectivity index (χ0) is 21.5. The van der Waals surface area contributed by atoms with Crippen LogP contribution in [0.2, 0.25) is 0 Å². The molecule has 0 aliphatic heterocycles. The Morgan fingerprint density at radius 3 is 2.70 bits per heavy atom. The van der Waals surface area contributed by atoms with E-state index in [1.807, 2.05) is 60.8 Å². The maximum Gasteiger partial charge on any atom is 0.239 e. The molecule has 8 heteroatoms. The van der Waals surface area contributed by atoms with E-state index in [1.54, 1.807) is 7.11 Å². The molecule has 0 spiro atoms. The third kappa shape index (κ3) is 5.61. The van der Waals surface area contributed by atoms with Crippen LogP contribution in [0.4, 0.5) is 10.8 Å². The first-order chi connectivity index (χ1) is 14.5. The van der Waals surface area contributed by atoms with Crippen LogP contribution >= 0.6 is 23.1 Å². The average molecular weight is 442 g/mol. The van der Waals surface area contributed by atoms with Crippen molar-refractivity contribution in [1.82, 2.24) is 4.98 Å². The van der Waals surface area contributed by atoms with Gasteiger partial charge in [-0.05, 0) is 36.8 Å². The predicted octanol–water partition coefficient (Wildman–Crippen LogP) is 5.29. The quantitative estimate of drug-likeness (QED) is 0.465. The van der Waals surface area contributed by atoms with Gasteiger partial charge in [-0.1, -0.05) is 25.1 Å². The molecule has 1 unspecified atom stereocenters. The summed E-state index contributed by atoms with van der Waals surface area (Å²) in [5.41, 5.74) is 2.36. The number of amides is 2. The van der Waals surface area contributed by atoms with E-state index in [1.165, 1.54) is 30.0 Å². The number of anilines is 2. The first-order valence-electron chi connectivity index (χ1n) is 9.44. The molecular weight excluding hydrogens is 418 g/mol. The number of hydrogen-bond acceptors (Lipinski definition) is 6. The lowest BCUT2D eigenvalue weighted by atomic mass is 10.1. The average Bonchev–Trinajstić information content (AvgIpc) is 3.20. The molecule has 0 saturated heterocycles. The van der Waals surface area contributed by atoms with E-state index in [4.69, 9.17) is 4.74 Å². The van der Waals surface area contributed by atoms with Crippen molar-refractivity contribution in [2.24, 2.45) is 0 Å². The number of benzene rings is 2. The highest BCUT2D eigenvalue weighted by molar-refractivity contribution is 8.00. The molecule has 2 aromatic carbocycles. The first kappa shape index (κ1) is 21.9. The minimum Gasteiger partial charge on any atom is -0.496 e. The zero-order valence-electron chi connectivity index (χ0n) is 17.0. The van der Waals surface area contributed by atoms with Gasteiger partial charge in [0.05, 0.1) is 18.1 Å². The van der Waals surface area contributed by atoms with Crippen LogP contribution in [-0.4, -0.2) is 29.2 Å². The number of nitrogens with zero attached hydrogens (tertiary/aromatic N) is 1. The smallest absolute Gasteiger partial charge is 0.239 e. The minimum absolute atomic E-state index is 0.103. The number of para-hydroxylation sites is 1. The fourth-order valence-electron chi connectivity index (χ4n) is 2.83. The Hall–Kier alpha value is -2.84. The second kappa shape index (κ2) is 10.3. The summed E-state index contributed by atoms with van der Waals surface area (Å²) in [6.07, 6.45) is 0.658. The summed E-state index contributed by atoms with van der Waals surface area (Å²) in [6, 6.07) is 15.1. The third-order valence-electron chi connectivity index (χ3n) is 4.21. The Bertz CT molecular complexity index is 1040. The van der Waals surface area contributed by atoms with Crippen LogP contribution in [0.25, 0.3) is 11.3 Å². The first-order valence-corrected chi connectivity index (χ1v) is 11.2. The number of methoxy groups -OCH3 is 1. The minimum atomic E-state index is -0.281. The molecule has 3 rings (SSSR count). The van der Waals surface area contributed by atoms with Gasteiger partial charge in [0.15, 0.2) is 5.13 Å². The maximum absolute atomic E-state index is 12.8. The second-order valence-electron chi connectivity index (χ2n) is 6.45. The molecule has 0 bridgehead atoms. The van der Waals surface area contributed by atoms with Crippen LogP contribution in [0.5, 0.6) is 5.75 Å². The molecule has 1 aromatic heterocycles. The van der Waals surface area contributed by atoms with Crippen molar-refractivity contribution < 1.29 is 14.3 Å². The topological polar surface area (TPSA) is 80.3 Å². The van der Waals surface area contributed by atoms with Gasteiger partial charge in [0, 0.05) is 28.5 Å². The number of aromatic nitrogens is 1. The highest BCUT2D eigenvalue weighted by atomic mass is 32.2. The van der Waals surface area contributed by atoms with Gasteiger partial charge >= 0.3 is 0 Å². The van der Waals surface area contributed by atoms with Gasteiger partial charge in [-0.3, -0.25) is 9.59 Å². The van der Waals surface area contributed by atoms with Crippen LogP contribution in [0, 0.1) is 0 Å². The van der Waals surface area contributed by atoms with E-state index in [0.717, 1.165) is 21.9 Å². The molecule has 156 valence electrons. The number of hydrogen-bond donors (Lipinski definition) is 2. The monoisotopic (exact) mass is 441 g/mol. The van der Waals surface area contributed by atoms with Gasteiger partial charge in [-0.25, -0.2) is 4.98 Å². The van der Waals surface area contributed by atoms with Gasteiger partial charge in [0.25, 0.3) is 0 Å². The van der Waals surface area contributed by atoms with E-state index >= 15 is 0 Å².